The summed E-state index contributed by atoms with van der Waals surface area (Å²) in [6, 6.07) is 11.6. The van der Waals surface area contributed by atoms with Crippen molar-refractivity contribution in [1.82, 2.24) is 4.57 Å². The zero-order valence-corrected chi connectivity index (χ0v) is 15.6. The van der Waals surface area contributed by atoms with E-state index in [2.05, 4.69) is 24.1 Å². The van der Waals surface area contributed by atoms with Gasteiger partial charge in [0.2, 0.25) is 5.91 Å². The van der Waals surface area contributed by atoms with Crippen molar-refractivity contribution in [2.75, 3.05) is 23.3 Å². The van der Waals surface area contributed by atoms with Gasteiger partial charge in [-0.3, -0.25) is 14.2 Å². The van der Waals surface area contributed by atoms with E-state index in [4.69, 9.17) is 0 Å². The van der Waals surface area contributed by atoms with Crippen molar-refractivity contribution in [2.24, 2.45) is 0 Å². The van der Waals surface area contributed by atoms with Gasteiger partial charge in [-0.1, -0.05) is 0 Å². The van der Waals surface area contributed by atoms with Crippen molar-refractivity contribution in [1.29, 1.82) is 0 Å². The van der Waals surface area contributed by atoms with E-state index < -0.39 is 5.82 Å². The first kappa shape index (κ1) is 18.6. The molecule has 1 amide bonds. The van der Waals surface area contributed by atoms with Gasteiger partial charge in [-0.2, -0.15) is 0 Å². The Labute approximate surface area is 157 Å². The summed E-state index contributed by atoms with van der Waals surface area (Å²) >= 11 is 0. The van der Waals surface area contributed by atoms with Crippen molar-refractivity contribution in [3.8, 4) is 0 Å². The van der Waals surface area contributed by atoms with Gasteiger partial charge >= 0.3 is 0 Å². The predicted molar refractivity (Wildman–Crippen MR) is 106 cm³/mol. The summed E-state index contributed by atoms with van der Waals surface area (Å²) in [5.41, 5.74) is 2.45. The van der Waals surface area contributed by atoms with Crippen LogP contribution in [0, 0.1) is 5.82 Å². The second-order valence-corrected chi connectivity index (χ2v) is 6.27. The van der Waals surface area contributed by atoms with E-state index in [0.717, 1.165) is 18.8 Å². The largest absolute Gasteiger partial charge is 0.372 e. The van der Waals surface area contributed by atoms with Crippen LogP contribution < -0.4 is 10.2 Å². The van der Waals surface area contributed by atoms with Gasteiger partial charge in [0.1, 0.15) is 5.82 Å². The molecule has 0 saturated heterocycles. The molecule has 5 nitrogen and oxygen atoms in total. The predicted octanol–water partition coefficient (Wildman–Crippen LogP) is 4.54. The number of aromatic nitrogens is 1. The molecule has 0 aliphatic heterocycles. The average Bonchev–Trinajstić information content (AvgIpc) is 3.03. The molecule has 1 N–H and O–H groups in total. The second kappa shape index (κ2) is 7.61. The number of hydrogen-bond acceptors (Lipinski definition) is 3. The van der Waals surface area contributed by atoms with Crippen molar-refractivity contribution in [2.45, 2.75) is 20.8 Å². The highest BCUT2D eigenvalue weighted by Gasteiger charge is 2.17. The zero-order chi connectivity index (χ0) is 19.6. The molecule has 0 radical (unpaired) electrons. The standard InChI is InChI=1S/C21H22FN3O2/c1-4-24(5-2)17-9-7-16(8-10-17)23-21(27)19-13-25(14(3)26)20-12-15(22)6-11-18(19)20/h6-13H,4-5H2,1-3H3,(H,23,27). The normalized spacial score (nSPS) is 10.8. The van der Waals surface area contributed by atoms with Gasteiger partial charge < -0.3 is 10.2 Å². The molecule has 140 valence electrons. The van der Waals surface area contributed by atoms with E-state index in [1.54, 1.807) is 0 Å². The number of carbonyl (C=O) groups excluding carboxylic acids is 2. The van der Waals surface area contributed by atoms with E-state index in [0.29, 0.717) is 22.2 Å². The van der Waals surface area contributed by atoms with Crippen LogP contribution in [0.5, 0.6) is 0 Å². The number of halogens is 1. The first-order valence-corrected chi connectivity index (χ1v) is 8.92. The van der Waals surface area contributed by atoms with Gasteiger partial charge in [-0.05, 0) is 56.3 Å². The Morgan fingerprint density at radius 3 is 2.33 bits per heavy atom. The van der Waals surface area contributed by atoms with Gasteiger partial charge in [0.15, 0.2) is 0 Å². The lowest BCUT2D eigenvalue weighted by Gasteiger charge is -2.21. The summed E-state index contributed by atoms with van der Waals surface area (Å²) in [5, 5.41) is 3.37. The maximum atomic E-state index is 13.6. The molecule has 0 aliphatic carbocycles. The molecule has 0 aliphatic rings. The third-order valence-corrected chi connectivity index (χ3v) is 4.61. The number of rotatable bonds is 5. The van der Waals surface area contributed by atoms with Gasteiger partial charge in [-0.25, -0.2) is 4.39 Å². The average molecular weight is 367 g/mol. The molecule has 0 atom stereocenters. The van der Waals surface area contributed by atoms with E-state index in [-0.39, 0.29) is 11.8 Å². The molecule has 2 aromatic carbocycles. The third-order valence-electron chi connectivity index (χ3n) is 4.61. The van der Waals surface area contributed by atoms with E-state index in [9.17, 15) is 14.0 Å². The van der Waals surface area contributed by atoms with Crippen LogP contribution in [-0.2, 0) is 0 Å². The summed E-state index contributed by atoms with van der Waals surface area (Å²) in [4.78, 5) is 26.8. The Hall–Kier alpha value is -3.15. The Kier molecular flexibility index (Phi) is 5.26. The van der Waals surface area contributed by atoms with Gasteiger partial charge in [0.25, 0.3) is 5.91 Å². The SMILES string of the molecule is CCN(CC)c1ccc(NC(=O)c2cn(C(C)=O)c3cc(F)ccc23)cc1. The van der Waals surface area contributed by atoms with Crippen LogP contribution in [0.3, 0.4) is 0 Å². The summed E-state index contributed by atoms with van der Waals surface area (Å²) in [6.45, 7) is 7.37. The number of nitrogens with one attached hydrogen (secondary N) is 1. The Balaban J connectivity index is 1.89. The number of carbonyl (C=O) groups is 2. The van der Waals surface area contributed by atoms with Crippen molar-refractivity contribution in [3.05, 3.63) is 60.0 Å². The number of benzene rings is 2. The van der Waals surface area contributed by atoms with Crippen LogP contribution in [0.15, 0.2) is 48.7 Å². The first-order chi connectivity index (χ1) is 12.9. The minimum atomic E-state index is -0.456. The summed E-state index contributed by atoms with van der Waals surface area (Å²) in [7, 11) is 0. The van der Waals surface area contributed by atoms with Crippen LogP contribution in [0.2, 0.25) is 0 Å². The quantitative estimate of drug-likeness (QED) is 0.720. The van der Waals surface area contributed by atoms with Crippen molar-refractivity contribution in [3.63, 3.8) is 0 Å². The zero-order valence-electron chi connectivity index (χ0n) is 15.6. The maximum absolute atomic E-state index is 13.6. The minimum Gasteiger partial charge on any atom is -0.372 e. The maximum Gasteiger partial charge on any atom is 0.257 e. The number of fused-ring (bicyclic) bond motifs is 1. The van der Waals surface area contributed by atoms with Crippen LogP contribution in [0.4, 0.5) is 15.8 Å². The highest BCUT2D eigenvalue weighted by Crippen LogP contribution is 2.24. The Morgan fingerprint density at radius 2 is 1.74 bits per heavy atom. The van der Waals surface area contributed by atoms with Crippen molar-refractivity contribution >= 4 is 34.1 Å². The van der Waals surface area contributed by atoms with E-state index in [1.165, 1.54) is 35.9 Å². The highest BCUT2D eigenvalue weighted by molar-refractivity contribution is 6.14. The number of hydrogen-bond donors (Lipinski definition) is 1. The fourth-order valence-electron chi connectivity index (χ4n) is 3.18. The molecule has 3 aromatic rings. The minimum absolute atomic E-state index is 0.284. The van der Waals surface area contributed by atoms with E-state index in [1.807, 2.05) is 24.3 Å². The molecule has 1 heterocycles. The highest BCUT2D eigenvalue weighted by atomic mass is 19.1. The van der Waals surface area contributed by atoms with Crippen molar-refractivity contribution < 1.29 is 14.0 Å². The summed E-state index contributed by atoms with van der Waals surface area (Å²) in [6.07, 6.45) is 1.45. The third kappa shape index (κ3) is 3.69. The fraction of sp³-hybridized carbons (Fsp3) is 0.238. The number of anilines is 2. The molecular weight excluding hydrogens is 345 g/mol. The van der Waals surface area contributed by atoms with Crippen LogP contribution in [-0.4, -0.2) is 29.5 Å². The lowest BCUT2D eigenvalue weighted by molar-refractivity contribution is 0.0941. The molecule has 0 unspecified atom stereocenters. The molecule has 27 heavy (non-hydrogen) atoms. The van der Waals surface area contributed by atoms with Crippen LogP contribution in [0.1, 0.15) is 35.9 Å². The monoisotopic (exact) mass is 367 g/mol. The summed E-state index contributed by atoms with van der Waals surface area (Å²) in [5.74, 6) is -1.09. The molecule has 0 saturated carbocycles. The summed E-state index contributed by atoms with van der Waals surface area (Å²) < 4.78 is 14.9. The molecule has 0 bridgehead atoms. The topological polar surface area (TPSA) is 54.3 Å². The van der Waals surface area contributed by atoms with Gasteiger partial charge in [0, 0.05) is 43.0 Å². The second-order valence-electron chi connectivity index (χ2n) is 6.27. The number of amides is 1. The molecule has 3 rings (SSSR count). The molecule has 1 aromatic heterocycles. The number of nitrogens with zero attached hydrogens (tertiary/aromatic N) is 2. The molecule has 0 spiro atoms. The lowest BCUT2D eigenvalue weighted by atomic mass is 10.1. The molecule has 0 fully saturated rings. The van der Waals surface area contributed by atoms with Gasteiger partial charge in [-0.15, -0.1) is 0 Å². The van der Waals surface area contributed by atoms with Crippen LogP contribution in [0.25, 0.3) is 10.9 Å². The smallest absolute Gasteiger partial charge is 0.257 e. The Morgan fingerprint density at radius 1 is 1.07 bits per heavy atom. The van der Waals surface area contributed by atoms with Crippen LogP contribution >= 0.6 is 0 Å². The fourth-order valence-corrected chi connectivity index (χ4v) is 3.18. The first-order valence-electron chi connectivity index (χ1n) is 8.92. The van der Waals surface area contributed by atoms with Gasteiger partial charge in [0.05, 0.1) is 11.1 Å². The lowest BCUT2D eigenvalue weighted by Crippen LogP contribution is -2.21. The molecular formula is C21H22FN3O2. The molecule has 6 heteroatoms. The van der Waals surface area contributed by atoms with E-state index >= 15 is 0 Å². The Bertz CT molecular complexity index is 989.